The van der Waals surface area contributed by atoms with E-state index in [1.807, 2.05) is 24.3 Å². The zero-order valence-electron chi connectivity index (χ0n) is 33.9. The van der Waals surface area contributed by atoms with Crippen molar-refractivity contribution in [2.24, 2.45) is 16.7 Å². The maximum Gasteiger partial charge on any atom is 0.417 e. The molecule has 3 aliphatic heterocycles. The van der Waals surface area contributed by atoms with Crippen molar-refractivity contribution in [1.82, 2.24) is 23.8 Å². The van der Waals surface area contributed by atoms with E-state index in [1.54, 1.807) is 27.4 Å². The van der Waals surface area contributed by atoms with Crippen LogP contribution in [0.5, 0.6) is 5.75 Å². The number of carbonyl (C=O) groups excluding carboxylic acids is 1. The number of amides is 1. The third-order valence-electron chi connectivity index (χ3n) is 12.7. The van der Waals surface area contributed by atoms with Gasteiger partial charge in [-0.1, -0.05) is 39.3 Å². The van der Waals surface area contributed by atoms with Gasteiger partial charge in [-0.25, -0.2) is 0 Å². The summed E-state index contributed by atoms with van der Waals surface area (Å²) in [6, 6.07) is 15.8. The number of piperidine rings is 1. The lowest BCUT2D eigenvalue weighted by atomic mass is 9.49. The number of piperazine rings is 2. The lowest BCUT2D eigenvalue weighted by molar-refractivity contribution is -0.164. The van der Waals surface area contributed by atoms with Gasteiger partial charge in [0.15, 0.2) is 0 Å². The Kier molecular flexibility index (Phi) is 12.2. The summed E-state index contributed by atoms with van der Waals surface area (Å²) in [6.07, 6.45) is -0.971. The van der Waals surface area contributed by atoms with E-state index in [9.17, 15) is 31.6 Å². The van der Waals surface area contributed by atoms with Gasteiger partial charge in [0.05, 0.1) is 28.0 Å². The molecule has 318 valence electrons. The molecule has 1 saturated carbocycles. The van der Waals surface area contributed by atoms with Crippen molar-refractivity contribution in [2.75, 3.05) is 81.8 Å². The molecule has 12 nitrogen and oxygen atoms in total. The average Bonchev–Trinajstić information content (AvgIpc) is 3.22. The van der Waals surface area contributed by atoms with Gasteiger partial charge in [-0.15, -0.1) is 0 Å². The third kappa shape index (κ3) is 9.00. The van der Waals surface area contributed by atoms with Crippen LogP contribution in [0.1, 0.15) is 62.0 Å². The molecule has 1 aliphatic carbocycles. The summed E-state index contributed by atoms with van der Waals surface area (Å²) in [4.78, 5) is 23.7. The summed E-state index contributed by atoms with van der Waals surface area (Å²) < 4.78 is 76.0. The molecule has 0 bridgehead atoms. The molecule has 1 aromatic heterocycles. The molecular weight excluding hydrogens is 805 g/mol. The van der Waals surface area contributed by atoms with Gasteiger partial charge in [-0.05, 0) is 61.2 Å². The molecule has 3 saturated heterocycles. The fourth-order valence-electron chi connectivity index (χ4n) is 9.61. The minimum Gasteiger partial charge on any atom is -0.489 e. The van der Waals surface area contributed by atoms with Gasteiger partial charge in [-0.2, -0.15) is 35.5 Å². The Morgan fingerprint density at radius 1 is 0.864 bits per heavy atom. The predicted molar refractivity (Wildman–Crippen MR) is 221 cm³/mol. The molecule has 4 aliphatic rings. The highest BCUT2D eigenvalue weighted by Gasteiger charge is 2.64. The number of hydrogen-bond acceptors (Lipinski definition) is 9. The smallest absolute Gasteiger partial charge is 0.417 e. The van der Waals surface area contributed by atoms with E-state index < -0.39 is 21.9 Å². The average molecular weight is 857 g/mol. The second kappa shape index (κ2) is 16.7. The lowest BCUT2D eigenvalue weighted by Crippen LogP contribution is -2.74. The summed E-state index contributed by atoms with van der Waals surface area (Å²) in [6.45, 7) is 14.6. The Labute approximate surface area is 350 Å². The van der Waals surface area contributed by atoms with Gasteiger partial charge in [0.2, 0.25) is 0 Å². The van der Waals surface area contributed by atoms with Crippen LogP contribution < -0.4 is 19.9 Å². The monoisotopic (exact) mass is 856 g/mol. The number of nitrogens with one attached hydrogen (secondary N) is 1. The SMILES string of the molecule is CC1(C)C(NC(=O)c2ccc(N3CCN(CC4CCN(S(=O)(=O)N5CCN(c6cncc(C(F)(F)F)c6)CC5)CC4)CC3)cc2)C(C)(C)C1Oc1ccc(C#N)c(Cl)c1. The number of aromatic nitrogens is 1. The van der Waals surface area contributed by atoms with Crippen molar-refractivity contribution < 1.29 is 31.1 Å². The Morgan fingerprint density at radius 3 is 2.05 bits per heavy atom. The van der Waals surface area contributed by atoms with Crippen LogP contribution in [-0.4, -0.2) is 117 Å². The van der Waals surface area contributed by atoms with Gasteiger partial charge in [0.1, 0.15) is 17.9 Å². The first-order valence-electron chi connectivity index (χ1n) is 20.1. The second-order valence-corrected chi connectivity index (χ2v) is 19.6. The van der Waals surface area contributed by atoms with Crippen LogP contribution in [0.15, 0.2) is 60.9 Å². The highest BCUT2D eigenvalue weighted by molar-refractivity contribution is 7.86. The van der Waals surface area contributed by atoms with Gasteiger partial charge in [0.25, 0.3) is 16.1 Å². The fraction of sp³-hybridized carbons (Fsp3) is 0.548. The van der Waals surface area contributed by atoms with Crippen LogP contribution in [0.25, 0.3) is 0 Å². The first-order valence-corrected chi connectivity index (χ1v) is 21.9. The number of alkyl halides is 3. The molecule has 0 atom stereocenters. The van der Waals surface area contributed by atoms with Crippen molar-refractivity contribution in [3.05, 3.63) is 82.6 Å². The predicted octanol–water partition coefficient (Wildman–Crippen LogP) is 6.14. The van der Waals surface area contributed by atoms with Crippen LogP contribution in [0.2, 0.25) is 5.02 Å². The number of carbonyl (C=O) groups is 1. The van der Waals surface area contributed by atoms with Gasteiger partial charge < -0.3 is 19.9 Å². The number of anilines is 2. The summed E-state index contributed by atoms with van der Waals surface area (Å²) in [5, 5.41) is 12.8. The molecule has 4 heterocycles. The van der Waals surface area contributed by atoms with Crippen LogP contribution in [0.3, 0.4) is 0 Å². The molecule has 0 unspecified atom stereocenters. The van der Waals surface area contributed by atoms with E-state index in [0.29, 0.717) is 59.7 Å². The van der Waals surface area contributed by atoms with Gasteiger partial charge >= 0.3 is 6.18 Å². The number of nitrogens with zero attached hydrogens (tertiary/aromatic N) is 7. The number of ether oxygens (including phenoxy) is 1. The third-order valence-corrected chi connectivity index (χ3v) is 15.0. The fourth-order valence-corrected chi connectivity index (χ4v) is 11.4. The minimum atomic E-state index is -4.49. The Bertz CT molecular complexity index is 2130. The largest absolute Gasteiger partial charge is 0.489 e. The van der Waals surface area contributed by atoms with E-state index in [-0.39, 0.29) is 42.0 Å². The topological polar surface area (TPSA) is 125 Å². The van der Waals surface area contributed by atoms with Crippen LogP contribution >= 0.6 is 11.6 Å². The van der Waals surface area contributed by atoms with Gasteiger partial charge in [-0.3, -0.25) is 14.7 Å². The molecule has 59 heavy (non-hydrogen) atoms. The number of halogens is 4. The van der Waals surface area contributed by atoms with Crippen molar-refractivity contribution >= 4 is 39.1 Å². The number of hydrogen-bond donors (Lipinski definition) is 1. The van der Waals surface area contributed by atoms with E-state index in [2.05, 4.69) is 53.9 Å². The molecule has 7 rings (SSSR count). The first kappa shape index (κ1) is 43.0. The molecular formula is C42H52ClF3N8O4S. The van der Waals surface area contributed by atoms with E-state index in [1.165, 1.54) is 10.5 Å². The quantitative estimate of drug-likeness (QED) is 0.256. The zero-order valence-corrected chi connectivity index (χ0v) is 35.5. The number of pyridine rings is 1. The van der Waals surface area contributed by atoms with Crippen molar-refractivity contribution in [3.63, 3.8) is 0 Å². The lowest BCUT2D eigenvalue weighted by Gasteiger charge is -2.63. The molecule has 0 spiro atoms. The first-order chi connectivity index (χ1) is 27.9. The molecule has 4 fully saturated rings. The maximum absolute atomic E-state index is 13.5. The Morgan fingerprint density at radius 2 is 1.46 bits per heavy atom. The number of nitriles is 1. The molecule has 1 amide bonds. The van der Waals surface area contributed by atoms with Crippen LogP contribution in [0, 0.1) is 28.1 Å². The van der Waals surface area contributed by atoms with Crippen molar-refractivity contribution in [2.45, 2.75) is 58.9 Å². The highest BCUT2D eigenvalue weighted by Crippen LogP contribution is 2.55. The standard InChI is InChI=1S/C42H52ClF3N8O4S/c1-40(2)38(41(3,4)39(40)58-35-10-7-31(25-47)36(43)24-35)49-37(55)30-5-8-33(9-6-30)51-17-15-50(16-18-51)28-29-11-13-53(14-12-29)59(56,57)54-21-19-52(20-22-54)34-23-32(26-48-27-34)42(44,45)46/h5-10,23-24,26-27,29,38-39H,11-22,28H2,1-4H3,(H,49,55). The van der Waals surface area contributed by atoms with Crippen molar-refractivity contribution in [3.8, 4) is 11.8 Å². The Hall–Kier alpha value is -4.14. The molecule has 3 aromatic rings. The second-order valence-electron chi connectivity index (χ2n) is 17.3. The Balaban J connectivity index is 0.835. The minimum absolute atomic E-state index is 0.138. The zero-order chi connectivity index (χ0) is 42.3. The highest BCUT2D eigenvalue weighted by atomic mass is 35.5. The summed E-state index contributed by atoms with van der Waals surface area (Å²) in [5.41, 5.74) is 0.817. The van der Waals surface area contributed by atoms with Crippen molar-refractivity contribution in [1.29, 1.82) is 5.26 Å². The maximum atomic E-state index is 13.5. The van der Waals surface area contributed by atoms with Crippen LogP contribution in [-0.2, 0) is 16.4 Å². The molecule has 17 heteroatoms. The normalized spacial score (nSPS) is 23.3. The summed E-state index contributed by atoms with van der Waals surface area (Å²) >= 11 is 6.24. The number of benzene rings is 2. The molecule has 1 N–H and O–H groups in total. The van der Waals surface area contributed by atoms with Crippen LogP contribution in [0.4, 0.5) is 24.5 Å². The molecule has 2 aromatic carbocycles. The summed E-state index contributed by atoms with van der Waals surface area (Å²) in [7, 11) is -3.67. The van der Waals surface area contributed by atoms with E-state index >= 15 is 0 Å². The van der Waals surface area contributed by atoms with E-state index in [0.717, 1.165) is 63.5 Å². The number of rotatable bonds is 10. The van der Waals surface area contributed by atoms with E-state index in [4.69, 9.17) is 16.3 Å². The van der Waals surface area contributed by atoms with Gasteiger partial charge in [0, 0.05) is 112 Å². The molecule has 0 radical (unpaired) electrons. The summed E-state index contributed by atoms with van der Waals surface area (Å²) in [5.74, 6) is 0.833.